The highest BCUT2D eigenvalue weighted by molar-refractivity contribution is 7.99. The number of nitrogen functional groups attached to an aromatic ring is 1. The second kappa shape index (κ2) is 5.62. The highest BCUT2D eigenvalue weighted by Gasteiger charge is 2.01. The van der Waals surface area contributed by atoms with Gasteiger partial charge in [0.1, 0.15) is 0 Å². The fourth-order valence-electron chi connectivity index (χ4n) is 1.61. The summed E-state index contributed by atoms with van der Waals surface area (Å²) in [6, 6.07) is 12.0. The number of nitrogens with two attached hydrogens (primary N) is 1. The molecule has 0 spiro atoms. The van der Waals surface area contributed by atoms with Gasteiger partial charge in [0.05, 0.1) is 0 Å². The number of H-pyrrole nitrogens is 1. The average molecular weight is 284 g/mol. The van der Waals surface area contributed by atoms with E-state index in [1.54, 1.807) is 24.2 Å². The second-order valence-electron chi connectivity index (χ2n) is 3.98. The summed E-state index contributed by atoms with van der Waals surface area (Å²) in [4.78, 5) is 10.3. The van der Waals surface area contributed by atoms with Gasteiger partial charge in [-0.05, 0) is 36.4 Å². The van der Waals surface area contributed by atoms with Gasteiger partial charge in [-0.15, -0.1) is 5.10 Å². The summed E-state index contributed by atoms with van der Waals surface area (Å²) in [6.07, 6.45) is 3.57. The van der Waals surface area contributed by atoms with Gasteiger partial charge in [0.2, 0.25) is 11.9 Å². The van der Waals surface area contributed by atoms with E-state index in [-0.39, 0.29) is 5.95 Å². The predicted octanol–water partition coefficient (Wildman–Crippen LogP) is 2.68. The van der Waals surface area contributed by atoms with E-state index >= 15 is 0 Å². The van der Waals surface area contributed by atoms with Crippen LogP contribution in [0.2, 0.25) is 0 Å². The van der Waals surface area contributed by atoms with E-state index in [9.17, 15) is 0 Å². The molecule has 0 radical (unpaired) electrons. The van der Waals surface area contributed by atoms with Gasteiger partial charge in [0.25, 0.3) is 0 Å². The van der Waals surface area contributed by atoms with Crippen molar-refractivity contribution in [3.05, 3.63) is 48.8 Å². The topological polar surface area (TPSA) is 92.5 Å². The Bertz CT molecular complexity index is 680. The molecule has 0 atom stereocenters. The number of anilines is 3. The van der Waals surface area contributed by atoms with Gasteiger partial charge >= 0.3 is 0 Å². The summed E-state index contributed by atoms with van der Waals surface area (Å²) in [5.41, 5.74) is 6.37. The van der Waals surface area contributed by atoms with Crippen molar-refractivity contribution in [3.8, 4) is 0 Å². The number of hydrogen-bond acceptors (Lipinski definition) is 6. The first-order valence-corrected chi connectivity index (χ1v) is 6.74. The van der Waals surface area contributed by atoms with Crippen LogP contribution in [0, 0.1) is 0 Å². The van der Waals surface area contributed by atoms with Gasteiger partial charge in [-0.3, -0.25) is 4.98 Å². The van der Waals surface area contributed by atoms with E-state index in [1.807, 2.05) is 36.4 Å². The molecule has 0 aliphatic rings. The lowest BCUT2D eigenvalue weighted by atomic mass is 10.3. The molecule has 100 valence electrons. The van der Waals surface area contributed by atoms with Crippen LogP contribution in [0.15, 0.2) is 58.6 Å². The van der Waals surface area contributed by atoms with Crippen molar-refractivity contribution in [2.75, 3.05) is 11.1 Å². The molecule has 6 nitrogen and oxygen atoms in total. The minimum Gasteiger partial charge on any atom is -0.368 e. The van der Waals surface area contributed by atoms with Crippen LogP contribution in [0.1, 0.15) is 0 Å². The Labute approximate surface area is 119 Å². The lowest BCUT2D eigenvalue weighted by Crippen LogP contribution is -1.92. The summed E-state index contributed by atoms with van der Waals surface area (Å²) in [5, 5.41) is 9.56. The maximum atomic E-state index is 5.46. The molecule has 3 rings (SSSR count). The van der Waals surface area contributed by atoms with E-state index < -0.39 is 0 Å². The number of nitrogens with one attached hydrogen (secondary N) is 2. The Morgan fingerprint density at radius 2 is 1.70 bits per heavy atom. The van der Waals surface area contributed by atoms with E-state index in [1.165, 1.54) is 0 Å². The molecule has 0 saturated heterocycles. The average Bonchev–Trinajstić information content (AvgIpc) is 2.88. The normalized spacial score (nSPS) is 10.4. The quantitative estimate of drug-likeness (QED) is 0.682. The molecule has 0 aliphatic heterocycles. The first-order valence-electron chi connectivity index (χ1n) is 5.92. The third-order valence-electron chi connectivity index (χ3n) is 2.50. The van der Waals surface area contributed by atoms with Crippen LogP contribution in [-0.2, 0) is 0 Å². The Balaban J connectivity index is 1.68. The summed E-state index contributed by atoms with van der Waals surface area (Å²) in [7, 11) is 0. The van der Waals surface area contributed by atoms with Crippen LogP contribution >= 0.6 is 11.8 Å². The third kappa shape index (κ3) is 3.07. The van der Waals surface area contributed by atoms with E-state index in [2.05, 4.69) is 25.5 Å². The molecule has 2 aromatic heterocycles. The largest absolute Gasteiger partial charge is 0.368 e. The molecule has 0 aliphatic carbocycles. The minimum absolute atomic E-state index is 0.289. The third-order valence-corrected chi connectivity index (χ3v) is 3.51. The summed E-state index contributed by atoms with van der Waals surface area (Å²) >= 11 is 1.68. The van der Waals surface area contributed by atoms with Crippen molar-refractivity contribution >= 4 is 29.3 Å². The molecular weight excluding hydrogens is 272 g/mol. The molecular formula is C13H12N6S. The van der Waals surface area contributed by atoms with Crippen molar-refractivity contribution < 1.29 is 0 Å². The lowest BCUT2D eigenvalue weighted by Gasteiger charge is -2.04. The van der Waals surface area contributed by atoms with Crippen molar-refractivity contribution in [2.45, 2.75) is 9.79 Å². The number of pyridine rings is 1. The number of aromatic nitrogens is 4. The highest BCUT2D eigenvalue weighted by atomic mass is 32.2. The van der Waals surface area contributed by atoms with Gasteiger partial charge in [0.15, 0.2) is 0 Å². The monoisotopic (exact) mass is 284 g/mol. The zero-order valence-electron chi connectivity index (χ0n) is 10.4. The van der Waals surface area contributed by atoms with Crippen molar-refractivity contribution in [2.24, 2.45) is 0 Å². The molecule has 0 bridgehead atoms. The van der Waals surface area contributed by atoms with Crippen LogP contribution in [0.25, 0.3) is 0 Å². The van der Waals surface area contributed by atoms with Gasteiger partial charge in [0, 0.05) is 27.9 Å². The van der Waals surface area contributed by atoms with Crippen molar-refractivity contribution in [3.63, 3.8) is 0 Å². The maximum Gasteiger partial charge on any atom is 0.248 e. The number of nitrogens with zero attached hydrogens (tertiary/aromatic N) is 3. The van der Waals surface area contributed by atoms with Crippen LogP contribution < -0.4 is 11.1 Å². The molecule has 1 aromatic carbocycles. The molecule has 4 N–H and O–H groups in total. The first-order chi connectivity index (χ1) is 9.79. The molecule has 0 saturated carbocycles. The zero-order valence-corrected chi connectivity index (χ0v) is 11.3. The van der Waals surface area contributed by atoms with Crippen LogP contribution in [0.3, 0.4) is 0 Å². The van der Waals surface area contributed by atoms with Crippen LogP contribution in [-0.4, -0.2) is 20.2 Å². The molecule has 0 unspecified atom stereocenters. The Kier molecular flexibility index (Phi) is 3.51. The van der Waals surface area contributed by atoms with Gasteiger partial charge in [-0.1, -0.05) is 11.8 Å². The number of hydrogen-bond donors (Lipinski definition) is 3. The van der Waals surface area contributed by atoms with E-state index in [0.29, 0.717) is 5.95 Å². The molecule has 7 heteroatoms. The van der Waals surface area contributed by atoms with Crippen molar-refractivity contribution in [1.82, 2.24) is 20.2 Å². The minimum atomic E-state index is 0.289. The van der Waals surface area contributed by atoms with E-state index in [0.717, 1.165) is 15.5 Å². The smallest absolute Gasteiger partial charge is 0.248 e. The lowest BCUT2D eigenvalue weighted by molar-refractivity contribution is 1.10. The molecule has 20 heavy (non-hydrogen) atoms. The van der Waals surface area contributed by atoms with Crippen LogP contribution in [0.4, 0.5) is 17.6 Å². The first kappa shape index (κ1) is 12.5. The standard InChI is InChI=1S/C13H12N6S/c14-12-17-13(19-18-12)16-9-1-3-10(4-2-9)20-11-5-7-15-8-6-11/h1-8H,(H4,14,16,17,18,19). The van der Waals surface area contributed by atoms with Crippen LogP contribution in [0.5, 0.6) is 0 Å². The maximum absolute atomic E-state index is 5.46. The molecule has 3 aromatic rings. The van der Waals surface area contributed by atoms with Gasteiger partial charge < -0.3 is 11.1 Å². The zero-order chi connectivity index (χ0) is 13.8. The Morgan fingerprint density at radius 3 is 2.35 bits per heavy atom. The SMILES string of the molecule is Nc1nc(Nc2ccc(Sc3ccncc3)cc2)n[nH]1. The Hall–Kier alpha value is -2.54. The van der Waals surface area contributed by atoms with Crippen molar-refractivity contribution in [1.29, 1.82) is 0 Å². The number of rotatable bonds is 4. The summed E-state index contributed by atoms with van der Waals surface area (Å²) in [6.45, 7) is 0. The number of benzene rings is 1. The highest BCUT2D eigenvalue weighted by Crippen LogP contribution is 2.28. The molecule has 0 fully saturated rings. The number of aromatic amines is 1. The van der Waals surface area contributed by atoms with Gasteiger partial charge in [-0.25, -0.2) is 5.10 Å². The fourth-order valence-corrected chi connectivity index (χ4v) is 2.41. The molecule has 0 amide bonds. The molecule has 2 heterocycles. The van der Waals surface area contributed by atoms with E-state index in [4.69, 9.17) is 5.73 Å². The Morgan fingerprint density at radius 1 is 1.00 bits per heavy atom. The fraction of sp³-hybridized carbons (Fsp3) is 0. The summed E-state index contributed by atoms with van der Waals surface area (Å²) < 4.78 is 0. The predicted molar refractivity (Wildman–Crippen MR) is 78.9 cm³/mol. The van der Waals surface area contributed by atoms with Gasteiger partial charge in [-0.2, -0.15) is 4.98 Å². The summed E-state index contributed by atoms with van der Waals surface area (Å²) in [5.74, 6) is 0.745. The second-order valence-corrected chi connectivity index (χ2v) is 5.13.